The molecule has 1 aliphatic rings. The number of benzene rings is 1. The lowest BCUT2D eigenvalue weighted by Crippen LogP contribution is -2.20. The van der Waals surface area contributed by atoms with E-state index < -0.39 is 5.54 Å². The van der Waals surface area contributed by atoms with Crippen molar-refractivity contribution in [3.05, 3.63) is 29.8 Å². The van der Waals surface area contributed by atoms with Crippen molar-refractivity contribution in [2.24, 2.45) is 10.7 Å². The van der Waals surface area contributed by atoms with Crippen LogP contribution >= 0.6 is 0 Å². The van der Waals surface area contributed by atoms with Crippen molar-refractivity contribution in [2.45, 2.75) is 12.5 Å². The number of hydrogen-bond donors (Lipinski definition) is 1. The number of nitrogens with two attached hydrogens (primary N) is 1. The highest BCUT2D eigenvalue weighted by molar-refractivity contribution is 5.74. The van der Waals surface area contributed by atoms with E-state index in [0.29, 0.717) is 6.61 Å². The smallest absolute Gasteiger partial charge is 0.283 e. The van der Waals surface area contributed by atoms with E-state index in [4.69, 9.17) is 15.2 Å². The van der Waals surface area contributed by atoms with Crippen LogP contribution < -0.4 is 10.5 Å². The standard InChI is InChI=1S/C11H14N2O2/c1-11(7-15-10(12)13-11)8-4-3-5-9(6-8)14-2/h3-6H,7H2,1-2H3,(H2,12,13). The number of nitrogens with zero attached hydrogens (tertiary/aromatic N) is 1. The molecule has 0 fully saturated rings. The molecule has 0 amide bonds. The van der Waals surface area contributed by atoms with Gasteiger partial charge in [-0.2, -0.15) is 0 Å². The van der Waals surface area contributed by atoms with Gasteiger partial charge in [0.15, 0.2) is 0 Å². The average Bonchev–Trinajstić information content (AvgIpc) is 2.60. The number of methoxy groups -OCH3 is 1. The largest absolute Gasteiger partial charge is 0.497 e. The van der Waals surface area contributed by atoms with Crippen LogP contribution in [0, 0.1) is 0 Å². The number of rotatable bonds is 2. The third-order valence-electron chi connectivity index (χ3n) is 2.55. The molecule has 1 aromatic carbocycles. The van der Waals surface area contributed by atoms with E-state index in [1.54, 1.807) is 7.11 Å². The fourth-order valence-corrected chi connectivity index (χ4v) is 1.63. The molecule has 1 unspecified atom stereocenters. The maximum Gasteiger partial charge on any atom is 0.283 e. The summed E-state index contributed by atoms with van der Waals surface area (Å²) in [4.78, 5) is 4.28. The summed E-state index contributed by atoms with van der Waals surface area (Å²) in [5, 5.41) is 0. The molecule has 2 N–H and O–H groups in total. The molecule has 0 aromatic heterocycles. The van der Waals surface area contributed by atoms with Crippen molar-refractivity contribution >= 4 is 6.02 Å². The van der Waals surface area contributed by atoms with E-state index in [9.17, 15) is 0 Å². The Hall–Kier alpha value is -1.71. The van der Waals surface area contributed by atoms with Gasteiger partial charge in [-0.15, -0.1) is 0 Å². The minimum Gasteiger partial charge on any atom is -0.497 e. The molecule has 1 atom stereocenters. The van der Waals surface area contributed by atoms with Crippen LogP contribution in [0.2, 0.25) is 0 Å². The third kappa shape index (κ3) is 1.75. The second-order valence-electron chi connectivity index (χ2n) is 3.74. The lowest BCUT2D eigenvalue weighted by molar-refractivity contribution is 0.266. The van der Waals surface area contributed by atoms with Gasteiger partial charge < -0.3 is 15.2 Å². The Morgan fingerprint density at radius 2 is 2.33 bits per heavy atom. The van der Waals surface area contributed by atoms with E-state index in [2.05, 4.69) is 4.99 Å². The topological polar surface area (TPSA) is 56.8 Å². The summed E-state index contributed by atoms with van der Waals surface area (Å²) in [7, 11) is 1.64. The molecule has 1 aromatic rings. The molecule has 0 spiro atoms. The van der Waals surface area contributed by atoms with Crippen LogP contribution in [0.15, 0.2) is 29.3 Å². The first-order chi connectivity index (χ1) is 7.14. The zero-order chi connectivity index (χ0) is 10.9. The Morgan fingerprint density at radius 3 is 2.93 bits per heavy atom. The third-order valence-corrected chi connectivity index (χ3v) is 2.55. The van der Waals surface area contributed by atoms with Gasteiger partial charge in [-0.05, 0) is 24.6 Å². The SMILES string of the molecule is COc1cccc(C2(C)COC(N)=N2)c1. The van der Waals surface area contributed by atoms with Crippen LogP contribution in [0.5, 0.6) is 5.75 Å². The van der Waals surface area contributed by atoms with Crippen molar-refractivity contribution in [1.29, 1.82) is 0 Å². The fourth-order valence-electron chi connectivity index (χ4n) is 1.63. The lowest BCUT2D eigenvalue weighted by Gasteiger charge is -2.19. The molecular formula is C11H14N2O2. The molecule has 15 heavy (non-hydrogen) atoms. The van der Waals surface area contributed by atoms with Crippen LogP contribution in [0.1, 0.15) is 12.5 Å². The van der Waals surface area contributed by atoms with Gasteiger partial charge in [0.1, 0.15) is 17.9 Å². The molecule has 0 aliphatic carbocycles. The molecule has 0 saturated carbocycles. The van der Waals surface area contributed by atoms with E-state index in [1.807, 2.05) is 31.2 Å². The molecule has 4 heteroatoms. The normalized spacial score (nSPS) is 24.5. The average molecular weight is 206 g/mol. The first-order valence-electron chi connectivity index (χ1n) is 4.77. The van der Waals surface area contributed by atoms with Crippen LogP contribution in [-0.2, 0) is 10.3 Å². The quantitative estimate of drug-likeness (QED) is 0.792. The van der Waals surface area contributed by atoms with Crippen LogP contribution in [-0.4, -0.2) is 19.7 Å². The molecule has 2 rings (SSSR count). The Labute approximate surface area is 88.7 Å². The summed E-state index contributed by atoms with van der Waals surface area (Å²) >= 11 is 0. The zero-order valence-corrected chi connectivity index (χ0v) is 8.86. The number of aliphatic imine (C=N–C) groups is 1. The first-order valence-corrected chi connectivity index (χ1v) is 4.77. The summed E-state index contributed by atoms with van der Waals surface area (Å²) < 4.78 is 10.3. The monoisotopic (exact) mass is 206 g/mol. The van der Waals surface area contributed by atoms with Gasteiger partial charge in [0.25, 0.3) is 6.02 Å². The highest BCUT2D eigenvalue weighted by atomic mass is 16.5. The Morgan fingerprint density at radius 1 is 1.53 bits per heavy atom. The molecule has 0 bridgehead atoms. The molecule has 1 heterocycles. The molecule has 4 nitrogen and oxygen atoms in total. The Balaban J connectivity index is 2.37. The summed E-state index contributed by atoms with van der Waals surface area (Å²) in [6, 6.07) is 8.03. The number of amidine groups is 1. The van der Waals surface area contributed by atoms with E-state index in [1.165, 1.54) is 0 Å². The van der Waals surface area contributed by atoms with Crippen molar-refractivity contribution in [2.75, 3.05) is 13.7 Å². The fraction of sp³-hybridized carbons (Fsp3) is 0.364. The Kier molecular flexibility index (Phi) is 2.26. The highest BCUT2D eigenvalue weighted by Crippen LogP contribution is 2.31. The van der Waals surface area contributed by atoms with Gasteiger partial charge in [0.05, 0.1) is 7.11 Å². The van der Waals surface area contributed by atoms with Crippen LogP contribution in [0.3, 0.4) is 0 Å². The number of hydrogen-bond acceptors (Lipinski definition) is 4. The minimum absolute atomic E-state index is 0.250. The predicted molar refractivity (Wildman–Crippen MR) is 57.9 cm³/mol. The summed E-state index contributed by atoms with van der Waals surface area (Å²) in [6.07, 6.45) is 0. The van der Waals surface area contributed by atoms with Gasteiger partial charge >= 0.3 is 0 Å². The van der Waals surface area contributed by atoms with Crippen molar-refractivity contribution in [3.8, 4) is 5.75 Å². The minimum atomic E-state index is -0.390. The molecular weight excluding hydrogens is 192 g/mol. The summed E-state index contributed by atoms with van der Waals surface area (Å²) in [5.74, 6) is 0.814. The Bertz CT molecular complexity index is 403. The molecule has 80 valence electrons. The van der Waals surface area contributed by atoms with Crippen molar-refractivity contribution in [1.82, 2.24) is 0 Å². The van der Waals surface area contributed by atoms with Crippen molar-refractivity contribution in [3.63, 3.8) is 0 Å². The van der Waals surface area contributed by atoms with Crippen LogP contribution in [0.25, 0.3) is 0 Å². The van der Waals surface area contributed by atoms with Crippen LogP contribution in [0.4, 0.5) is 0 Å². The second-order valence-corrected chi connectivity index (χ2v) is 3.74. The van der Waals surface area contributed by atoms with Gasteiger partial charge in [-0.1, -0.05) is 12.1 Å². The van der Waals surface area contributed by atoms with E-state index >= 15 is 0 Å². The van der Waals surface area contributed by atoms with E-state index in [0.717, 1.165) is 11.3 Å². The first kappa shape index (κ1) is 9.83. The van der Waals surface area contributed by atoms with Gasteiger partial charge in [-0.25, -0.2) is 4.99 Å². The summed E-state index contributed by atoms with van der Waals surface area (Å²) in [5.41, 5.74) is 6.17. The van der Waals surface area contributed by atoms with E-state index in [-0.39, 0.29) is 6.02 Å². The lowest BCUT2D eigenvalue weighted by atomic mass is 9.94. The maximum absolute atomic E-state index is 5.51. The van der Waals surface area contributed by atoms with Gasteiger partial charge in [-0.3, -0.25) is 0 Å². The van der Waals surface area contributed by atoms with Crippen molar-refractivity contribution < 1.29 is 9.47 Å². The number of ether oxygens (including phenoxy) is 2. The summed E-state index contributed by atoms with van der Waals surface area (Å²) in [6.45, 7) is 2.47. The maximum atomic E-state index is 5.51. The van der Waals surface area contributed by atoms with Gasteiger partial charge in [0, 0.05) is 0 Å². The van der Waals surface area contributed by atoms with Gasteiger partial charge in [0.2, 0.25) is 0 Å². The molecule has 1 aliphatic heterocycles. The predicted octanol–water partition coefficient (Wildman–Crippen LogP) is 1.26. The molecule has 0 radical (unpaired) electrons. The highest BCUT2D eigenvalue weighted by Gasteiger charge is 2.32. The molecule has 0 saturated heterocycles. The zero-order valence-electron chi connectivity index (χ0n) is 8.86. The second kappa shape index (κ2) is 3.46.